The van der Waals surface area contributed by atoms with E-state index in [1.165, 1.54) is 0 Å². The summed E-state index contributed by atoms with van der Waals surface area (Å²) in [6, 6.07) is 5.73. The van der Waals surface area contributed by atoms with Crippen LogP contribution in [-0.2, 0) is 0 Å². The molecule has 1 unspecified atom stereocenters. The minimum absolute atomic E-state index is 0.100. The molecule has 1 aromatic rings. The van der Waals surface area contributed by atoms with Crippen LogP contribution in [0.1, 0.15) is 32.8 Å². The lowest BCUT2D eigenvalue weighted by atomic mass is 10.1. The molecule has 0 fully saturated rings. The second kappa shape index (κ2) is 6.50. The highest BCUT2D eigenvalue weighted by atomic mass is 35.5. The molecule has 0 heterocycles. The van der Waals surface area contributed by atoms with Gasteiger partial charge in [0.05, 0.1) is 0 Å². The zero-order chi connectivity index (χ0) is 13.7. The highest BCUT2D eigenvalue weighted by molar-refractivity contribution is 6.31. The lowest BCUT2D eigenvalue weighted by molar-refractivity contribution is 0.318. The van der Waals surface area contributed by atoms with Gasteiger partial charge in [-0.05, 0) is 38.5 Å². The molecule has 3 N–H and O–H groups in total. The summed E-state index contributed by atoms with van der Waals surface area (Å²) in [7, 11) is 0. The summed E-state index contributed by atoms with van der Waals surface area (Å²) < 4.78 is 0. The standard InChI is InChI=1S/C13H20ClN3O/c1-4-9(3)17(5-2)12-8-10(14)6-7-11(12)13(15)16-18/h6-9,18H,4-5H2,1-3H3,(H2,15,16). The average Bonchev–Trinajstić information content (AvgIpc) is 2.38. The normalized spacial score (nSPS) is 13.4. The number of halogens is 1. The number of oxime groups is 1. The van der Waals surface area contributed by atoms with Gasteiger partial charge in [-0.3, -0.25) is 0 Å². The molecule has 0 aliphatic rings. The molecular formula is C13H20ClN3O. The molecule has 1 atom stereocenters. The maximum absolute atomic E-state index is 8.84. The van der Waals surface area contributed by atoms with E-state index in [0.29, 0.717) is 16.6 Å². The fraction of sp³-hybridized carbons (Fsp3) is 0.462. The van der Waals surface area contributed by atoms with Crippen molar-refractivity contribution >= 4 is 23.1 Å². The van der Waals surface area contributed by atoms with Crippen molar-refractivity contribution in [3.8, 4) is 0 Å². The second-order valence-electron chi connectivity index (χ2n) is 4.19. The second-order valence-corrected chi connectivity index (χ2v) is 4.63. The van der Waals surface area contributed by atoms with E-state index in [2.05, 4.69) is 30.8 Å². The van der Waals surface area contributed by atoms with Gasteiger partial charge in [0.15, 0.2) is 5.84 Å². The summed E-state index contributed by atoms with van der Waals surface area (Å²) in [5.74, 6) is 0.100. The van der Waals surface area contributed by atoms with E-state index in [-0.39, 0.29) is 5.84 Å². The van der Waals surface area contributed by atoms with Crippen LogP contribution in [0.2, 0.25) is 5.02 Å². The predicted octanol–water partition coefficient (Wildman–Crippen LogP) is 3.06. The van der Waals surface area contributed by atoms with E-state index < -0.39 is 0 Å². The van der Waals surface area contributed by atoms with Crippen LogP contribution in [0.4, 0.5) is 5.69 Å². The molecule has 0 spiro atoms. The molecule has 0 amide bonds. The summed E-state index contributed by atoms with van der Waals surface area (Å²) in [6.45, 7) is 7.17. The third-order valence-electron chi connectivity index (χ3n) is 3.12. The van der Waals surface area contributed by atoms with Gasteiger partial charge in [-0.2, -0.15) is 0 Å². The largest absolute Gasteiger partial charge is 0.409 e. The van der Waals surface area contributed by atoms with Crippen LogP contribution in [0.15, 0.2) is 23.4 Å². The SMILES string of the molecule is CCC(C)N(CC)c1cc(Cl)ccc1/C(N)=N/O. The van der Waals surface area contributed by atoms with Gasteiger partial charge in [0, 0.05) is 28.9 Å². The first-order valence-electron chi connectivity index (χ1n) is 6.09. The highest BCUT2D eigenvalue weighted by Crippen LogP contribution is 2.27. The van der Waals surface area contributed by atoms with Crippen LogP contribution in [0, 0.1) is 0 Å². The van der Waals surface area contributed by atoms with E-state index in [4.69, 9.17) is 22.5 Å². The van der Waals surface area contributed by atoms with E-state index in [0.717, 1.165) is 18.7 Å². The number of benzene rings is 1. The Morgan fingerprint density at radius 1 is 1.50 bits per heavy atom. The average molecular weight is 270 g/mol. The number of rotatable bonds is 5. The van der Waals surface area contributed by atoms with Gasteiger partial charge in [0.2, 0.25) is 0 Å². The Kier molecular flexibility index (Phi) is 5.28. The molecule has 5 heteroatoms. The van der Waals surface area contributed by atoms with Crippen molar-refractivity contribution in [1.29, 1.82) is 0 Å². The van der Waals surface area contributed by atoms with E-state index in [1.807, 2.05) is 6.07 Å². The summed E-state index contributed by atoms with van der Waals surface area (Å²) in [6.07, 6.45) is 1.01. The minimum Gasteiger partial charge on any atom is -0.409 e. The quantitative estimate of drug-likeness (QED) is 0.374. The Morgan fingerprint density at radius 2 is 2.17 bits per heavy atom. The van der Waals surface area contributed by atoms with Crippen LogP contribution in [-0.4, -0.2) is 23.6 Å². The molecule has 18 heavy (non-hydrogen) atoms. The number of nitrogens with two attached hydrogens (primary N) is 1. The molecule has 0 aliphatic carbocycles. The van der Waals surface area contributed by atoms with Gasteiger partial charge in [-0.25, -0.2) is 0 Å². The number of hydrogen-bond donors (Lipinski definition) is 2. The van der Waals surface area contributed by atoms with Crippen LogP contribution in [0.5, 0.6) is 0 Å². The van der Waals surface area contributed by atoms with Crippen molar-refractivity contribution in [2.24, 2.45) is 10.9 Å². The number of hydrogen-bond acceptors (Lipinski definition) is 3. The topological polar surface area (TPSA) is 61.8 Å². The van der Waals surface area contributed by atoms with E-state index >= 15 is 0 Å². The van der Waals surface area contributed by atoms with Gasteiger partial charge < -0.3 is 15.8 Å². The van der Waals surface area contributed by atoms with E-state index in [9.17, 15) is 0 Å². The fourth-order valence-electron chi connectivity index (χ4n) is 1.95. The van der Waals surface area contributed by atoms with Gasteiger partial charge in [0.1, 0.15) is 0 Å². The first kappa shape index (κ1) is 14.6. The smallest absolute Gasteiger partial charge is 0.172 e. The molecule has 0 aromatic heterocycles. The molecule has 0 aliphatic heterocycles. The Balaban J connectivity index is 3.31. The molecule has 0 saturated heterocycles. The van der Waals surface area contributed by atoms with Gasteiger partial charge in [-0.1, -0.05) is 23.7 Å². The zero-order valence-corrected chi connectivity index (χ0v) is 11.8. The Hall–Kier alpha value is -1.42. The maximum atomic E-state index is 8.84. The Bertz CT molecular complexity index is 434. The number of nitrogens with zero attached hydrogens (tertiary/aromatic N) is 2. The fourth-order valence-corrected chi connectivity index (χ4v) is 2.12. The first-order chi connectivity index (χ1) is 8.54. The van der Waals surface area contributed by atoms with Crippen molar-refractivity contribution in [3.05, 3.63) is 28.8 Å². The monoisotopic (exact) mass is 269 g/mol. The molecule has 0 saturated carbocycles. The first-order valence-corrected chi connectivity index (χ1v) is 6.47. The lowest BCUT2D eigenvalue weighted by Gasteiger charge is -2.31. The van der Waals surface area contributed by atoms with Crippen molar-refractivity contribution in [3.63, 3.8) is 0 Å². The van der Waals surface area contributed by atoms with Gasteiger partial charge >= 0.3 is 0 Å². The Morgan fingerprint density at radius 3 is 2.67 bits per heavy atom. The van der Waals surface area contributed by atoms with Crippen molar-refractivity contribution < 1.29 is 5.21 Å². The molecule has 1 aromatic carbocycles. The van der Waals surface area contributed by atoms with Crippen molar-refractivity contribution in [2.45, 2.75) is 33.2 Å². The van der Waals surface area contributed by atoms with Crippen LogP contribution in [0.3, 0.4) is 0 Å². The predicted molar refractivity (Wildman–Crippen MR) is 76.7 cm³/mol. The van der Waals surface area contributed by atoms with Crippen LogP contribution >= 0.6 is 11.6 Å². The highest BCUT2D eigenvalue weighted by Gasteiger charge is 2.17. The summed E-state index contributed by atoms with van der Waals surface area (Å²) in [4.78, 5) is 2.19. The third kappa shape index (κ3) is 3.07. The summed E-state index contributed by atoms with van der Waals surface area (Å²) in [5.41, 5.74) is 7.31. The van der Waals surface area contributed by atoms with Crippen LogP contribution < -0.4 is 10.6 Å². The number of anilines is 1. The van der Waals surface area contributed by atoms with Crippen LogP contribution in [0.25, 0.3) is 0 Å². The zero-order valence-electron chi connectivity index (χ0n) is 11.0. The molecule has 4 nitrogen and oxygen atoms in total. The van der Waals surface area contributed by atoms with Crippen molar-refractivity contribution in [1.82, 2.24) is 0 Å². The molecular weight excluding hydrogens is 250 g/mol. The molecule has 0 bridgehead atoms. The summed E-state index contributed by atoms with van der Waals surface area (Å²) in [5, 5.41) is 12.6. The van der Waals surface area contributed by atoms with Gasteiger partial charge in [-0.15, -0.1) is 0 Å². The molecule has 1 rings (SSSR count). The lowest BCUT2D eigenvalue weighted by Crippen LogP contribution is -2.34. The molecule has 100 valence electrons. The maximum Gasteiger partial charge on any atom is 0.172 e. The Labute approximate surface area is 113 Å². The van der Waals surface area contributed by atoms with Crippen molar-refractivity contribution in [2.75, 3.05) is 11.4 Å². The van der Waals surface area contributed by atoms with Gasteiger partial charge in [0.25, 0.3) is 0 Å². The molecule has 0 radical (unpaired) electrons. The van der Waals surface area contributed by atoms with E-state index in [1.54, 1.807) is 12.1 Å². The number of amidine groups is 1. The third-order valence-corrected chi connectivity index (χ3v) is 3.35. The summed E-state index contributed by atoms with van der Waals surface area (Å²) >= 11 is 6.04. The minimum atomic E-state index is 0.100.